The molecule has 1 saturated heterocycles. The molecule has 0 bridgehead atoms. The number of rotatable bonds is 8. The number of benzene rings is 2. The maximum Gasteiger partial charge on any atom is 0.229 e. The largest absolute Gasteiger partial charge is 0.393 e. The van der Waals surface area contributed by atoms with Gasteiger partial charge in [0.05, 0.1) is 17.8 Å². The minimum absolute atomic E-state index is 0.0666. The summed E-state index contributed by atoms with van der Waals surface area (Å²) in [7, 11) is 0. The first-order chi connectivity index (χ1) is 17.0. The Balaban J connectivity index is 1.54. The van der Waals surface area contributed by atoms with Crippen molar-refractivity contribution in [3.05, 3.63) is 60.8 Å². The Morgan fingerprint density at radius 2 is 1.97 bits per heavy atom. The van der Waals surface area contributed by atoms with Gasteiger partial charge in [0.25, 0.3) is 0 Å². The van der Waals surface area contributed by atoms with E-state index in [1.807, 2.05) is 59.3 Å². The molecule has 3 heterocycles. The molecular formula is C26H30N6O3. The van der Waals surface area contributed by atoms with Crippen LogP contribution in [0.1, 0.15) is 32.4 Å². The van der Waals surface area contributed by atoms with Gasteiger partial charge in [-0.15, -0.1) is 0 Å². The molecule has 2 aromatic carbocycles. The Morgan fingerprint density at radius 3 is 2.74 bits per heavy atom. The van der Waals surface area contributed by atoms with Gasteiger partial charge in [-0.25, -0.2) is 9.67 Å². The summed E-state index contributed by atoms with van der Waals surface area (Å²) >= 11 is 0. The summed E-state index contributed by atoms with van der Waals surface area (Å²) in [6.45, 7) is 2.08. The third kappa shape index (κ3) is 5.27. The number of aliphatic hydroxyl groups excluding tert-OH is 1. The van der Waals surface area contributed by atoms with E-state index in [-0.39, 0.29) is 19.4 Å². The zero-order chi connectivity index (χ0) is 24.3. The van der Waals surface area contributed by atoms with Crippen LogP contribution in [0.15, 0.2) is 60.8 Å². The van der Waals surface area contributed by atoms with E-state index >= 15 is 0 Å². The third-order valence-corrected chi connectivity index (χ3v) is 6.10. The molecule has 0 aliphatic carbocycles. The average Bonchev–Trinajstić information content (AvgIpc) is 3.38. The van der Waals surface area contributed by atoms with E-state index in [9.17, 15) is 10.2 Å². The normalized spacial score (nSPS) is 17.7. The minimum Gasteiger partial charge on any atom is -0.393 e. The van der Waals surface area contributed by atoms with Crippen LogP contribution < -0.4 is 10.6 Å². The second kappa shape index (κ2) is 9.99. The van der Waals surface area contributed by atoms with Gasteiger partial charge in [0.2, 0.25) is 5.95 Å². The van der Waals surface area contributed by atoms with Crippen molar-refractivity contribution in [2.45, 2.75) is 38.0 Å². The molecule has 0 spiro atoms. The highest BCUT2D eigenvalue weighted by atomic mass is 16.5. The Kier molecular flexibility index (Phi) is 6.63. The highest BCUT2D eigenvalue weighted by Gasteiger charge is 2.22. The molecule has 0 saturated carbocycles. The maximum atomic E-state index is 10.3. The molecule has 4 aromatic rings. The van der Waals surface area contributed by atoms with E-state index in [1.165, 1.54) is 0 Å². The molecule has 4 N–H and O–H groups in total. The first kappa shape index (κ1) is 23.2. The van der Waals surface area contributed by atoms with Gasteiger partial charge >= 0.3 is 0 Å². The quantitative estimate of drug-likeness (QED) is 0.302. The van der Waals surface area contributed by atoms with E-state index in [2.05, 4.69) is 20.7 Å². The summed E-state index contributed by atoms with van der Waals surface area (Å²) in [4.78, 5) is 9.43. The van der Waals surface area contributed by atoms with Crippen LogP contribution in [0.4, 0.5) is 17.5 Å². The summed E-state index contributed by atoms with van der Waals surface area (Å²) < 4.78 is 7.91. The van der Waals surface area contributed by atoms with Gasteiger partial charge < -0.3 is 25.6 Å². The van der Waals surface area contributed by atoms with Gasteiger partial charge in [0.15, 0.2) is 6.23 Å². The van der Waals surface area contributed by atoms with Crippen molar-refractivity contribution in [1.29, 1.82) is 0 Å². The highest BCUT2D eigenvalue weighted by Crippen LogP contribution is 2.32. The van der Waals surface area contributed by atoms with E-state index in [0.29, 0.717) is 11.8 Å². The maximum absolute atomic E-state index is 10.3. The molecule has 0 amide bonds. The van der Waals surface area contributed by atoms with E-state index in [1.54, 1.807) is 13.1 Å². The lowest BCUT2D eigenvalue weighted by Crippen LogP contribution is -2.37. The summed E-state index contributed by atoms with van der Waals surface area (Å²) in [5.41, 5.74) is 2.26. The fourth-order valence-electron chi connectivity index (χ4n) is 4.15. The van der Waals surface area contributed by atoms with Gasteiger partial charge in [-0.1, -0.05) is 24.3 Å². The fraction of sp³-hybridized carbons (Fsp3) is 0.346. The molecular weight excluding hydrogens is 444 g/mol. The molecule has 1 aliphatic rings. The molecule has 5 rings (SSSR count). The van der Waals surface area contributed by atoms with Gasteiger partial charge in [0, 0.05) is 36.0 Å². The van der Waals surface area contributed by atoms with E-state index in [0.717, 1.165) is 53.7 Å². The topological polar surface area (TPSA) is 117 Å². The first-order valence-electron chi connectivity index (χ1n) is 11.9. The van der Waals surface area contributed by atoms with E-state index in [4.69, 9.17) is 9.72 Å². The van der Waals surface area contributed by atoms with Crippen LogP contribution in [0.5, 0.6) is 0 Å². The number of para-hydroxylation sites is 1. The molecule has 182 valence electrons. The lowest BCUT2D eigenvalue weighted by Gasteiger charge is -2.24. The fourth-order valence-corrected chi connectivity index (χ4v) is 4.15. The highest BCUT2D eigenvalue weighted by molar-refractivity contribution is 5.93. The summed E-state index contributed by atoms with van der Waals surface area (Å²) in [6.07, 6.45) is 4.87. The van der Waals surface area contributed by atoms with Crippen LogP contribution in [0.3, 0.4) is 0 Å². The van der Waals surface area contributed by atoms with Crippen molar-refractivity contribution in [1.82, 2.24) is 19.7 Å². The molecule has 0 radical (unpaired) electrons. The Labute approximate surface area is 203 Å². The Bertz CT molecular complexity index is 1280. The molecule has 35 heavy (non-hydrogen) atoms. The van der Waals surface area contributed by atoms with Crippen molar-refractivity contribution in [2.24, 2.45) is 0 Å². The van der Waals surface area contributed by atoms with Crippen LogP contribution in [0.25, 0.3) is 22.2 Å². The third-order valence-electron chi connectivity index (χ3n) is 6.10. The number of nitrogens with one attached hydrogen (secondary N) is 2. The number of aliphatic hydroxyl groups is 2. The van der Waals surface area contributed by atoms with Crippen molar-refractivity contribution < 1.29 is 14.9 Å². The second-order valence-corrected chi connectivity index (χ2v) is 9.11. The molecule has 2 atom stereocenters. The van der Waals surface area contributed by atoms with Crippen molar-refractivity contribution in [2.75, 3.05) is 30.4 Å². The number of anilines is 3. The van der Waals surface area contributed by atoms with Crippen LogP contribution in [-0.4, -0.2) is 55.3 Å². The average molecular weight is 475 g/mol. The van der Waals surface area contributed by atoms with Crippen molar-refractivity contribution in [3.63, 3.8) is 0 Å². The summed E-state index contributed by atoms with van der Waals surface area (Å²) in [6, 6.07) is 17.7. The van der Waals surface area contributed by atoms with E-state index < -0.39 is 5.60 Å². The van der Waals surface area contributed by atoms with Crippen LogP contribution in [-0.2, 0) is 4.74 Å². The number of aromatic nitrogens is 4. The smallest absolute Gasteiger partial charge is 0.229 e. The predicted molar refractivity (Wildman–Crippen MR) is 136 cm³/mol. The standard InChI is InChI=1S/C26H30N6O3/c1-26(34,17-33)16-27-24-20-11-10-18(22-12-13-28-32(22)23-9-5-6-14-35-23)15-21(20)30-25(31-24)29-19-7-3-2-4-8-19/h2-4,7-8,10-13,15,23,33-34H,5-6,9,14,16-17H2,1H3,(H2,27,29,30,31). The van der Waals surface area contributed by atoms with Gasteiger partial charge in [-0.2, -0.15) is 10.1 Å². The predicted octanol–water partition coefficient (Wildman–Crippen LogP) is 4.09. The Hall–Kier alpha value is -3.53. The molecule has 1 aliphatic heterocycles. The monoisotopic (exact) mass is 474 g/mol. The lowest BCUT2D eigenvalue weighted by molar-refractivity contribution is -0.0383. The second-order valence-electron chi connectivity index (χ2n) is 9.11. The van der Waals surface area contributed by atoms with Gasteiger partial charge in [0.1, 0.15) is 11.4 Å². The van der Waals surface area contributed by atoms with Crippen LogP contribution in [0.2, 0.25) is 0 Å². The Morgan fingerprint density at radius 1 is 1.11 bits per heavy atom. The van der Waals surface area contributed by atoms with Gasteiger partial charge in [-0.05, 0) is 56.5 Å². The molecule has 2 unspecified atom stereocenters. The summed E-state index contributed by atoms with van der Waals surface area (Å²) in [5, 5.41) is 31.5. The number of nitrogens with zero attached hydrogens (tertiary/aromatic N) is 4. The minimum atomic E-state index is -1.28. The van der Waals surface area contributed by atoms with Crippen LogP contribution in [0, 0.1) is 0 Å². The van der Waals surface area contributed by atoms with Crippen molar-refractivity contribution in [3.8, 4) is 11.3 Å². The lowest BCUT2D eigenvalue weighted by atomic mass is 10.1. The van der Waals surface area contributed by atoms with Crippen LogP contribution >= 0.6 is 0 Å². The number of hydrogen-bond acceptors (Lipinski definition) is 8. The molecule has 9 nitrogen and oxygen atoms in total. The number of ether oxygens (including phenoxy) is 1. The number of fused-ring (bicyclic) bond motifs is 1. The first-order valence-corrected chi connectivity index (χ1v) is 11.9. The number of hydrogen-bond donors (Lipinski definition) is 4. The molecule has 1 fully saturated rings. The SMILES string of the molecule is CC(O)(CO)CNc1nc(Nc2ccccc2)nc2cc(-c3ccnn3C3CCCCO3)ccc12. The summed E-state index contributed by atoms with van der Waals surface area (Å²) in [5.74, 6) is 0.994. The zero-order valence-corrected chi connectivity index (χ0v) is 19.7. The molecule has 9 heteroatoms. The van der Waals surface area contributed by atoms with Gasteiger partial charge in [-0.3, -0.25) is 0 Å². The molecule has 2 aromatic heterocycles. The zero-order valence-electron chi connectivity index (χ0n) is 19.7. The van der Waals surface area contributed by atoms with Crippen molar-refractivity contribution >= 4 is 28.4 Å².